The van der Waals surface area contributed by atoms with Crippen molar-refractivity contribution in [2.24, 2.45) is 11.8 Å². The Kier molecular flexibility index (Phi) is 5.41. The third-order valence-electron chi connectivity index (χ3n) is 5.43. The minimum atomic E-state index is -0.384. The molecule has 5 heteroatoms. The third-order valence-corrected chi connectivity index (χ3v) is 5.43. The first-order valence-corrected chi connectivity index (χ1v) is 9.04. The number of aromatic amines is 1. The van der Waals surface area contributed by atoms with Gasteiger partial charge in [0.1, 0.15) is 0 Å². The van der Waals surface area contributed by atoms with E-state index in [4.69, 9.17) is 4.74 Å². The Bertz CT molecular complexity index is 752. The topological polar surface area (TPSA) is 71.2 Å². The zero-order chi connectivity index (χ0) is 17.8. The maximum Gasteiger partial charge on any atom is 0.310 e. The highest BCUT2D eigenvalue weighted by Crippen LogP contribution is 2.29. The number of nitrogens with one attached hydrogen (secondary N) is 2. The zero-order valence-corrected chi connectivity index (χ0v) is 14.9. The summed E-state index contributed by atoms with van der Waals surface area (Å²) in [5.41, 5.74) is 1.87. The Labute approximate surface area is 148 Å². The van der Waals surface area contributed by atoms with E-state index in [-0.39, 0.29) is 30.9 Å². The van der Waals surface area contributed by atoms with Crippen LogP contribution in [-0.4, -0.2) is 29.5 Å². The largest absolute Gasteiger partial charge is 0.455 e. The number of carbonyl (C=O) groups is 2. The van der Waals surface area contributed by atoms with Crippen LogP contribution in [0.15, 0.2) is 30.5 Å². The molecule has 134 valence electrons. The van der Waals surface area contributed by atoms with E-state index in [1.807, 2.05) is 30.5 Å². The number of carbonyl (C=O) groups excluding carboxylic acids is 2. The van der Waals surface area contributed by atoms with Crippen LogP contribution < -0.4 is 5.32 Å². The Morgan fingerprint density at radius 2 is 2.04 bits per heavy atom. The number of benzene rings is 1. The molecule has 3 atom stereocenters. The Hall–Kier alpha value is -2.30. The lowest BCUT2D eigenvalue weighted by molar-refractivity contribution is -0.148. The van der Waals surface area contributed by atoms with Gasteiger partial charge in [0.15, 0.2) is 6.61 Å². The van der Waals surface area contributed by atoms with Gasteiger partial charge in [-0.2, -0.15) is 0 Å². The quantitative estimate of drug-likeness (QED) is 0.820. The summed E-state index contributed by atoms with van der Waals surface area (Å²) in [6.45, 7) is 4.20. The lowest BCUT2D eigenvalue weighted by Crippen LogP contribution is -2.45. The van der Waals surface area contributed by atoms with Gasteiger partial charge in [-0.25, -0.2) is 0 Å². The number of ether oxygens (including phenoxy) is 1. The molecular formula is C20H26N2O3. The van der Waals surface area contributed by atoms with Crippen LogP contribution >= 0.6 is 0 Å². The highest BCUT2D eigenvalue weighted by Gasteiger charge is 2.28. The van der Waals surface area contributed by atoms with Crippen LogP contribution in [-0.2, 0) is 20.7 Å². The highest BCUT2D eigenvalue weighted by molar-refractivity contribution is 5.88. The molecule has 1 heterocycles. The first-order valence-electron chi connectivity index (χ1n) is 9.04. The molecule has 5 nitrogen and oxygen atoms in total. The molecule has 1 saturated carbocycles. The number of H-pyrrole nitrogens is 1. The summed E-state index contributed by atoms with van der Waals surface area (Å²) in [7, 11) is 0. The molecule has 0 unspecified atom stereocenters. The Balaban J connectivity index is 1.48. The average Bonchev–Trinajstić information content (AvgIpc) is 3.00. The van der Waals surface area contributed by atoms with Crippen molar-refractivity contribution in [3.8, 4) is 0 Å². The maximum atomic E-state index is 12.1. The minimum Gasteiger partial charge on any atom is -0.455 e. The van der Waals surface area contributed by atoms with Crippen molar-refractivity contribution in [3.63, 3.8) is 0 Å². The standard InChI is InChI=1S/C20H26N2O3/c1-13-6-5-9-17(14(13)2)22-19(23)12-25-20(24)10-15-11-21-18-8-4-3-7-16(15)18/h3-4,7-8,11,13-14,17,21H,5-6,9-10,12H2,1-2H3,(H,22,23)/t13-,14-,17-/m1/s1. The van der Waals surface area contributed by atoms with Crippen molar-refractivity contribution < 1.29 is 14.3 Å². The summed E-state index contributed by atoms with van der Waals surface area (Å²) in [5, 5.41) is 4.03. The number of fused-ring (bicyclic) bond motifs is 1. The normalized spacial score (nSPS) is 23.4. The molecule has 1 aliphatic rings. The molecule has 1 aromatic heterocycles. The van der Waals surface area contributed by atoms with Crippen molar-refractivity contribution in [2.45, 2.75) is 45.6 Å². The number of hydrogen-bond acceptors (Lipinski definition) is 3. The number of amides is 1. The van der Waals surface area contributed by atoms with Crippen LogP contribution in [0.2, 0.25) is 0 Å². The molecule has 0 aliphatic heterocycles. The van der Waals surface area contributed by atoms with Gasteiger partial charge in [-0.1, -0.05) is 44.9 Å². The molecule has 2 aromatic rings. The van der Waals surface area contributed by atoms with Crippen LogP contribution in [0.25, 0.3) is 10.9 Å². The second-order valence-corrected chi connectivity index (χ2v) is 7.14. The molecular weight excluding hydrogens is 316 g/mol. The molecule has 0 spiro atoms. The summed E-state index contributed by atoms with van der Waals surface area (Å²) < 4.78 is 5.16. The van der Waals surface area contributed by atoms with Gasteiger partial charge in [0, 0.05) is 23.1 Å². The van der Waals surface area contributed by atoms with E-state index < -0.39 is 0 Å². The molecule has 3 rings (SSSR count). The van der Waals surface area contributed by atoms with Crippen molar-refractivity contribution >= 4 is 22.8 Å². The van der Waals surface area contributed by atoms with Gasteiger partial charge in [0.05, 0.1) is 6.42 Å². The summed E-state index contributed by atoms with van der Waals surface area (Å²) in [5.74, 6) is 0.478. The fourth-order valence-corrected chi connectivity index (χ4v) is 3.66. The monoisotopic (exact) mass is 342 g/mol. The third kappa shape index (κ3) is 4.21. The highest BCUT2D eigenvalue weighted by atomic mass is 16.5. The molecule has 1 aliphatic carbocycles. The predicted octanol–water partition coefficient (Wildman–Crippen LogP) is 3.19. The molecule has 1 fully saturated rings. The molecule has 1 amide bonds. The van der Waals surface area contributed by atoms with E-state index in [1.54, 1.807) is 0 Å². The zero-order valence-electron chi connectivity index (χ0n) is 14.9. The van der Waals surface area contributed by atoms with Gasteiger partial charge < -0.3 is 15.0 Å². The summed E-state index contributed by atoms with van der Waals surface area (Å²) in [4.78, 5) is 27.3. The molecule has 0 radical (unpaired) electrons. The van der Waals surface area contributed by atoms with Gasteiger partial charge in [-0.15, -0.1) is 0 Å². The molecule has 1 aromatic carbocycles. The molecule has 25 heavy (non-hydrogen) atoms. The van der Waals surface area contributed by atoms with Gasteiger partial charge in [-0.3, -0.25) is 9.59 Å². The van der Waals surface area contributed by atoms with Gasteiger partial charge in [0.25, 0.3) is 5.91 Å². The summed E-state index contributed by atoms with van der Waals surface area (Å²) in [6, 6.07) is 7.99. The fourth-order valence-electron chi connectivity index (χ4n) is 3.66. The number of hydrogen-bond donors (Lipinski definition) is 2. The number of esters is 1. The predicted molar refractivity (Wildman–Crippen MR) is 97.1 cm³/mol. The summed E-state index contributed by atoms with van der Waals surface area (Å²) in [6.07, 6.45) is 5.33. The van der Waals surface area contributed by atoms with E-state index in [2.05, 4.69) is 24.1 Å². The van der Waals surface area contributed by atoms with E-state index in [0.29, 0.717) is 11.8 Å². The number of rotatable bonds is 5. The number of aromatic nitrogens is 1. The van der Waals surface area contributed by atoms with Gasteiger partial charge in [-0.05, 0) is 29.9 Å². The van der Waals surface area contributed by atoms with E-state index >= 15 is 0 Å². The van der Waals surface area contributed by atoms with E-state index in [1.165, 1.54) is 6.42 Å². The van der Waals surface area contributed by atoms with Crippen LogP contribution in [0.1, 0.15) is 38.7 Å². The molecule has 2 N–H and O–H groups in total. The lowest BCUT2D eigenvalue weighted by Gasteiger charge is -2.34. The molecule has 0 bridgehead atoms. The SMILES string of the molecule is C[C@@H]1[C@H](C)CCC[C@H]1NC(=O)COC(=O)Cc1c[nH]c2ccccc12. The van der Waals surface area contributed by atoms with Crippen LogP contribution in [0, 0.1) is 11.8 Å². The van der Waals surface area contributed by atoms with Gasteiger partial charge >= 0.3 is 5.97 Å². The Morgan fingerprint density at radius 3 is 2.88 bits per heavy atom. The average molecular weight is 342 g/mol. The minimum absolute atomic E-state index is 0.161. The fraction of sp³-hybridized carbons (Fsp3) is 0.500. The lowest BCUT2D eigenvalue weighted by atomic mass is 9.78. The van der Waals surface area contributed by atoms with Crippen LogP contribution in [0.5, 0.6) is 0 Å². The van der Waals surface area contributed by atoms with Crippen molar-refractivity contribution in [1.29, 1.82) is 0 Å². The van der Waals surface area contributed by atoms with Crippen molar-refractivity contribution in [3.05, 3.63) is 36.0 Å². The second kappa shape index (κ2) is 7.72. The van der Waals surface area contributed by atoms with Gasteiger partial charge in [0.2, 0.25) is 0 Å². The number of para-hydroxylation sites is 1. The maximum absolute atomic E-state index is 12.1. The first kappa shape index (κ1) is 17.5. The second-order valence-electron chi connectivity index (χ2n) is 7.14. The van der Waals surface area contributed by atoms with Crippen molar-refractivity contribution in [1.82, 2.24) is 10.3 Å². The summed E-state index contributed by atoms with van der Waals surface area (Å²) >= 11 is 0. The van der Waals surface area contributed by atoms with Crippen LogP contribution in [0.3, 0.4) is 0 Å². The van der Waals surface area contributed by atoms with Crippen molar-refractivity contribution in [2.75, 3.05) is 6.61 Å². The van der Waals surface area contributed by atoms with E-state index in [9.17, 15) is 9.59 Å². The van der Waals surface area contributed by atoms with Crippen LogP contribution in [0.4, 0.5) is 0 Å². The Morgan fingerprint density at radius 1 is 1.24 bits per heavy atom. The van der Waals surface area contributed by atoms with E-state index in [0.717, 1.165) is 29.3 Å². The molecule has 0 saturated heterocycles. The first-order chi connectivity index (χ1) is 12.0. The smallest absolute Gasteiger partial charge is 0.310 e.